The van der Waals surface area contributed by atoms with Crippen LogP contribution in [0.3, 0.4) is 0 Å². The van der Waals surface area contributed by atoms with Crippen molar-refractivity contribution in [3.63, 3.8) is 0 Å². The zero-order valence-electron chi connectivity index (χ0n) is 18.0. The predicted octanol–water partition coefficient (Wildman–Crippen LogP) is 3.99. The van der Waals surface area contributed by atoms with Gasteiger partial charge in [0.15, 0.2) is 6.79 Å². The number of rotatable bonds is 8. The van der Waals surface area contributed by atoms with Crippen LogP contribution in [0.15, 0.2) is 60.3 Å². The first-order valence-electron chi connectivity index (χ1n) is 10.2. The molecule has 31 heavy (non-hydrogen) atoms. The van der Waals surface area contributed by atoms with Crippen molar-refractivity contribution < 1.29 is 23.6 Å². The van der Waals surface area contributed by atoms with Crippen molar-refractivity contribution in [3.8, 4) is 0 Å². The van der Waals surface area contributed by atoms with E-state index in [1.165, 1.54) is 19.2 Å². The van der Waals surface area contributed by atoms with E-state index in [1.807, 2.05) is 49.1 Å². The third-order valence-corrected chi connectivity index (χ3v) is 4.94. The van der Waals surface area contributed by atoms with Gasteiger partial charge in [0.25, 0.3) is 5.91 Å². The molecule has 1 atom stereocenters. The lowest BCUT2D eigenvalue weighted by Gasteiger charge is -2.41. The van der Waals surface area contributed by atoms with Crippen LogP contribution < -0.4 is 0 Å². The lowest BCUT2D eigenvalue weighted by molar-refractivity contribution is -0.226. The van der Waals surface area contributed by atoms with E-state index in [9.17, 15) is 14.0 Å². The standard InChI is InChI=1S/C24H27FN2O4/c1-17(2)13-21-23(28)27(31-16-30-3)24(29)22(14-18-9-11-20(25)12-10-18)26(21)15-19-7-5-4-6-8-19/h4-12,14,17,21H,13,15-16H2,1-3H3/b22-14-/t21-/m0/s1. The van der Waals surface area contributed by atoms with Gasteiger partial charge in [-0.3, -0.25) is 9.59 Å². The maximum Gasteiger partial charge on any atom is 0.301 e. The Hall–Kier alpha value is -3.03. The van der Waals surface area contributed by atoms with Crippen molar-refractivity contribution in [2.45, 2.75) is 32.9 Å². The summed E-state index contributed by atoms with van der Waals surface area (Å²) in [5.41, 5.74) is 1.91. The summed E-state index contributed by atoms with van der Waals surface area (Å²) in [6.07, 6.45) is 2.19. The number of piperazine rings is 1. The molecule has 0 N–H and O–H groups in total. The SMILES string of the molecule is COCON1C(=O)/C(=C/c2ccc(F)cc2)N(Cc2ccccc2)[C@@H](CC(C)C)C1=O. The first-order chi connectivity index (χ1) is 14.9. The summed E-state index contributed by atoms with van der Waals surface area (Å²) in [5, 5.41) is 0.785. The molecule has 0 bridgehead atoms. The van der Waals surface area contributed by atoms with Crippen LogP contribution in [-0.4, -0.2) is 41.7 Å². The number of amides is 2. The number of hydrogen-bond donors (Lipinski definition) is 0. The maximum absolute atomic E-state index is 13.4. The van der Waals surface area contributed by atoms with Crippen molar-refractivity contribution >= 4 is 17.9 Å². The van der Waals surface area contributed by atoms with Crippen LogP contribution in [0.4, 0.5) is 4.39 Å². The smallest absolute Gasteiger partial charge is 0.301 e. The number of benzene rings is 2. The summed E-state index contributed by atoms with van der Waals surface area (Å²) >= 11 is 0. The maximum atomic E-state index is 13.4. The molecule has 0 aliphatic carbocycles. The Morgan fingerprint density at radius 2 is 1.74 bits per heavy atom. The molecule has 0 saturated carbocycles. The molecule has 2 amide bonds. The van der Waals surface area contributed by atoms with E-state index in [0.29, 0.717) is 24.2 Å². The van der Waals surface area contributed by atoms with E-state index >= 15 is 0 Å². The second kappa shape index (κ2) is 10.3. The van der Waals surface area contributed by atoms with Gasteiger partial charge in [0.1, 0.15) is 17.6 Å². The Morgan fingerprint density at radius 1 is 1.06 bits per heavy atom. The Balaban J connectivity index is 2.07. The molecule has 0 aromatic heterocycles. The molecule has 0 radical (unpaired) electrons. The Kier molecular flexibility index (Phi) is 7.55. The summed E-state index contributed by atoms with van der Waals surface area (Å²) in [5.74, 6) is -1.17. The monoisotopic (exact) mass is 426 g/mol. The normalized spacial score (nSPS) is 18.4. The molecule has 1 heterocycles. The number of imide groups is 1. The minimum atomic E-state index is -0.596. The highest BCUT2D eigenvalue weighted by Gasteiger charge is 2.44. The van der Waals surface area contributed by atoms with E-state index in [2.05, 4.69) is 0 Å². The first-order valence-corrected chi connectivity index (χ1v) is 10.2. The van der Waals surface area contributed by atoms with Gasteiger partial charge in [0.2, 0.25) is 0 Å². The molecule has 6 nitrogen and oxygen atoms in total. The number of carbonyl (C=O) groups excluding carboxylic acids is 2. The van der Waals surface area contributed by atoms with E-state index in [-0.39, 0.29) is 18.5 Å². The fourth-order valence-electron chi connectivity index (χ4n) is 3.50. The minimum Gasteiger partial charge on any atom is -0.356 e. The lowest BCUT2D eigenvalue weighted by atomic mass is 9.97. The molecular formula is C24H27FN2O4. The topological polar surface area (TPSA) is 59.1 Å². The molecule has 2 aromatic carbocycles. The van der Waals surface area contributed by atoms with Crippen LogP contribution in [-0.2, 0) is 25.7 Å². The zero-order valence-corrected chi connectivity index (χ0v) is 18.0. The number of hydroxylamine groups is 2. The molecule has 1 aliphatic heterocycles. The van der Waals surface area contributed by atoms with Crippen LogP contribution in [0, 0.1) is 11.7 Å². The zero-order chi connectivity index (χ0) is 22.4. The van der Waals surface area contributed by atoms with Gasteiger partial charge in [0.05, 0.1) is 0 Å². The van der Waals surface area contributed by atoms with Crippen LogP contribution in [0.5, 0.6) is 0 Å². The largest absolute Gasteiger partial charge is 0.356 e. The van der Waals surface area contributed by atoms with E-state index in [4.69, 9.17) is 9.57 Å². The lowest BCUT2D eigenvalue weighted by Crippen LogP contribution is -2.58. The third-order valence-electron chi connectivity index (χ3n) is 4.94. The van der Waals surface area contributed by atoms with Crippen molar-refractivity contribution in [2.75, 3.05) is 13.9 Å². The summed E-state index contributed by atoms with van der Waals surface area (Å²) in [7, 11) is 1.42. The number of hydrogen-bond acceptors (Lipinski definition) is 5. The van der Waals surface area contributed by atoms with Crippen LogP contribution in [0.25, 0.3) is 6.08 Å². The summed E-state index contributed by atoms with van der Waals surface area (Å²) in [6.45, 7) is 4.19. The molecule has 1 saturated heterocycles. The average molecular weight is 426 g/mol. The van der Waals surface area contributed by atoms with Gasteiger partial charge in [0, 0.05) is 13.7 Å². The molecule has 0 unspecified atom stereocenters. The van der Waals surface area contributed by atoms with Gasteiger partial charge in [-0.25, -0.2) is 9.23 Å². The molecule has 2 aromatic rings. The van der Waals surface area contributed by atoms with Crippen molar-refractivity contribution in [3.05, 3.63) is 77.2 Å². The van der Waals surface area contributed by atoms with Gasteiger partial charge in [-0.2, -0.15) is 0 Å². The van der Waals surface area contributed by atoms with Gasteiger partial charge in [-0.05, 0) is 41.7 Å². The Bertz CT molecular complexity index is 928. The fourth-order valence-corrected chi connectivity index (χ4v) is 3.50. The molecule has 0 spiro atoms. The van der Waals surface area contributed by atoms with Gasteiger partial charge < -0.3 is 9.64 Å². The number of ether oxygens (including phenoxy) is 1. The van der Waals surface area contributed by atoms with Crippen molar-refractivity contribution in [1.29, 1.82) is 0 Å². The average Bonchev–Trinajstić information content (AvgIpc) is 2.75. The van der Waals surface area contributed by atoms with Crippen molar-refractivity contribution in [2.24, 2.45) is 5.92 Å². The molecular weight excluding hydrogens is 399 g/mol. The van der Waals surface area contributed by atoms with E-state index in [0.717, 1.165) is 10.6 Å². The summed E-state index contributed by atoms with van der Waals surface area (Å²) in [6, 6.07) is 14.9. The predicted molar refractivity (Wildman–Crippen MR) is 114 cm³/mol. The third kappa shape index (κ3) is 5.57. The summed E-state index contributed by atoms with van der Waals surface area (Å²) < 4.78 is 18.3. The highest BCUT2D eigenvalue weighted by atomic mass is 19.1. The van der Waals surface area contributed by atoms with Gasteiger partial charge >= 0.3 is 5.91 Å². The quantitative estimate of drug-likeness (QED) is 0.363. The fraction of sp³-hybridized carbons (Fsp3) is 0.333. The Labute approximate surface area is 181 Å². The van der Waals surface area contributed by atoms with Crippen LogP contribution in [0.1, 0.15) is 31.4 Å². The molecule has 7 heteroatoms. The number of nitrogens with zero attached hydrogens (tertiary/aromatic N) is 2. The van der Waals surface area contributed by atoms with Crippen molar-refractivity contribution in [1.82, 2.24) is 9.96 Å². The highest BCUT2D eigenvalue weighted by molar-refractivity contribution is 6.09. The van der Waals surface area contributed by atoms with Crippen LogP contribution >= 0.6 is 0 Å². The molecule has 3 rings (SSSR count). The highest BCUT2D eigenvalue weighted by Crippen LogP contribution is 2.29. The minimum absolute atomic E-state index is 0.205. The number of halogens is 1. The van der Waals surface area contributed by atoms with Crippen LogP contribution in [0.2, 0.25) is 0 Å². The van der Waals surface area contributed by atoms with E-state index < -0.39 is 17.9 Å². The number of methoxy groups -OCH3 is 1. The Morgan fingerprint density at radius 3 is 2.35 bits per heavy atom. The molecule has 1 aliphatic rings. The van der Waals surface area contributed by atoms with Gasteiger partial charge in [-0.15, -0.1) is 5.06 Å². The second-order valence-electron chi connectivity index (χ2n) is 7.81. The first kappa shape index (κ1) is 22.7. The van der Waals surface area contributed by atoms with Gasteiger partial charge in [-0.1, -0.05) is 56.3 Å². The second-order valence-corrected chi connectivity index (χ2v) is 7.81. The summed E-state index contributed by atoms with van der Waals surface area (Å²) in [4.78, 5) is 33.7. The molecule has 164 valence electrons. The number of carbonyl (C=O) groups is 2. The van der Waals surface area contributed by atoms with E-state index in [1.54, 1.807) is 18.2 Å². The molecule has 1 fully saturated rings.